The Kier molecular flexibility index (Phi) is 8.06. The fourth-order valence-electron chi connectivity index (χ4n) is 5.35. The van der Waals surface area contributed by atoms with Gasteiger partial charge in [0.25, 0.3) is 0 Å². The van der Waals surface area contributed by atoms with E-state index in [1.165, 1.54) is 30.6 Å². The van der Waals surface area contributed by atoms with Crippen molar-refractivity contribution in [1.29, 1.82) is 0 Å². The second kappa shape index (κ2) is 11.5. The molecule has 0 bridgehead atoms. The zero-order chi connectivity index (χ0) is 28.6. The molecule has 1 aromatic heterocycles. The molecule has 5 rings (SSSR count). The first-order valence-corrected chi connectivity index (χ1v) is 13.9. The Morgan fingerprint density at radius 1 is 1.30 bits per heavy atom. The zero-order valence-corrected chi connectivity index (χ0v) is 23.7. The molecule has 0 radical (unpaired) electrons. The molecular weight excluding hydrogens is 563 g/mol. The largest absolute Gasteiger partial charge is 0.468 e. The average Bonchev–Trinajstić information content (AvgIpc) is 3.58. The number of aliphatic imine (C=N–C) groups is 1. The summed E-state index contributed by atoms with van der Waals surface area (Å²) in [5.41, 5.74) is 0.833. The first kappa shape index (κ1) is 28.0. The van der Waals surface area contributed by atoms with Gasteiger partial charge in [-0.25, -0.2) is 19.0 Å². The van der Waals surface area contributed by atoms with Gasteiger partial charge < -0.3 is 24.6 Å². The molecule has 212 valence electrons. The second-order valence-corrected chi connectivity index (χ2v) is 10.7. The highest BCUT2D eigenvalue weighted by Gasteiger charge is 2.49. The molecule has 2 fully saturated rings. The van der Waals surface area contributed by atoms with E-state index in [0.29, 0.717) is 36.2 Å². The summed E-state index contributed by atoms with van der Waals surface area (Å²) in [6.07, 6.45) is 1.62. The molecule has 3 aliphatic rings. The van der Waals surface area contributed by atoms with Crippen molar-refractivity contribution in [1.82, 2.24) is 25.0 Å². The molecule has 1 N–H and O–H groups in total. The number of benzene rings is 1. The van der Waals surface area contributed by atoms with Crippen LogP contribution < -0.4 is 5.32 Å². The number of methoxy groups -OCH3 is 1. The van der Waals surface area contributed by atoms with E-state index in [0.717, 1.165) is 0 Å². The van der Waals surface area contributed by atoms with E-state index >= 15 is 0 Å². The number of amides is 2. The Bertz CT molecular complexity index is 1390. The average molecular weight is 591 g/mol. The highest BCUT2D eigenvalue weighted by Crippen LogP contribution is 2.38. The number of urea groups is 1. The summed E-state index contributed by atoms with van der Waals surface area (Å²) >= 11 is 7.73. The fraction of sp³-hybridized carbons (Fsp3) is 0.423. The van der Waals surface area contributed by atoms with Gasteiger partial charge >= 0.3 is 18.0 Å². The number of hydrogen-bond donors (Lipinski definition) is 1. The maximum atomic E-state index is 14.6. The van der Waals surface area contributed by atoms with Crippen LogP contribution in [0.2, 0.25) is 5.02 Å². The van der Waals surface area contributed by atoms with Crippen LogP contribution in [0.15, 0.2) is 46.0 Å². The molecule has 2 aromatic rings. The topological polar surface area (TPSA) is 117 Å². The standard InChI is InChI=1S/C26H28ClFN6O5S/c1-4-39-24(35)18-16(12-33-9-10-34-17(13-32(2)26(34)37)21(33)25(36)38-3)30-22(23-29-8-11-40-23)31-20(18)14-6-5-7-15(28)19(14)27/h5-8,11,17,20-21H,4,9-10,12-13H2,1-3H3,(H,30,31)/t17-,20-,21+/m0/s1. The Balaban J connectivity index is 1.61. The smallest absolute Gasteiger partial charge is 0.338 e. The number of carbonyl (C=O) groups is 3. The number of halogens is 2. The molecule has 2 amide bonds. The second-order valence-electron chi connectivity index (χ2n) is 9.46. The van der Waals surface area contributed by atoms with Crippen LogP contribution >= 0.6 is 22.9 Å². The summed E-state index contributed by atoms with van der Waals surface area (Å²) in [7, 11) is 2.99. The molecule has 0 saturated carbocycles. The van der Waals surface area contributed by atoms with Crippen LogP contribution in [0.4, 0.5) is 9.18 Å². The number of aromatic nitrogens is 1. The van der Waals surface area contributed by atoms with E-state index in [1.54, 1.807) is 41.4 Å². The third kappa shape index (κ3) is 5.04. The van der Waals surface area contributed by atoms with Gasteiger partial charge in [-0.05, 0) is 13.0 Å². The summed E-state index contributed by atoms with van der Waals surface area (Å²) in [6, 6.07) is 1.96. The van der Waals surface area contributed by atoms with Crippen LogP contribution in [0.25, 0.3) is 0 Å². The van der Waals surface area contributed by atoms with Crippen LogP contribution in [-0.4, -0.2) is 103 Å². The van der Waals surface area contributed by atoms with Gasteiger partial charge in [-0.15, -0.1) is 11.3 Å². The van der Waals surface area contributed by atoms with Crippen LogP contribution in [0.3, 0.4) is 0 Å². The van der Waals surface area contributed by atoms with E-state index in [4.69, 9.17) is 26.1 Å². The molecule has 11 nitrogen and oxygen atoms in total. The van der Waals surface area contributed by atoms with Crippen LogP contribution in [0.1, 0.15) is 23.5 Å². The van der Waals surface area contributed by atoms with Crippen molar-refractivity contribution >= 4 is 46.7 Å². The molecule has 3 atom stereocenters. The maximum Gasteiger partial charge on any atom is 0.338 e. The summed E-state index contributed by atoms with van der Waals surface area (Å²) in [4.78, 5) is 53.4. The van der Waals surface area contributed by atoms with Crippen molar-refractivity contribution in [3.63, 3.8) is 0 Å². The molecule has 1 aromatic carbocycles. The van der Waals surface area contributed by atoms with Crippen LogP contribution in [0, 0.1) is 5.82 Å². The lowest BCUT2D eigenvalue weighted by Crippen LogP contribution is -2.62. The van der Waals surface area contributed by atoms with Gasteiger partial charge in [0.2, 0.25) is 0 Å². The Hall–Kier alpha value is -3.55. The Morgan fingerprint density at radius 3 is 2.80 bits per heavy atom. The van der Waals surface area contributed by atoms with Gasteiger partial charge in [-0.2, -0.15) is 0 Å². The van der Waals surface area contributed by atoms with Crippen LogP contribution in [-0.2, 0) is 19.1 Å². The first-order chi connectivity index (χ1) is 19.2. The highest BCUT2D eigenvalue weighted by atomic mass is 35.5. The minimum atomic E-state index is -1.01. The molecule has 14 heteroatoms. The number of likely N-dealkylation sites (N-methyl/N-ethyl adjacent to an activating group) is 1. The highest BCUT2D eigenvalue weighted by molar-refractivity contribution is 7.11. The van der Waals surface area contributed by atoms with Crippen molar-refractivity contribution in [3.8, 4) is 0 Å². The lowest BCUT2D eigenvalue weighted by atomic mass is 9.94. The minimum absolute atomic E-state index is 0.0873. The molecule has 3 aliphatic heterocycles. The molecule has 0 aliphatic carbocycles. The fourth-order valence-corrected chi connectivity index (χ4v) is 6.17. The quantitative estimate of drug-likeness (QED) is 0.489. The summed E-state index contributed by atoms with van der Waals surface area (Å²) in [6.45, 7) is 2.94. The third-order valence-corrected chi connectivity index (χ3v) is 8.33. The van der Waals surface area contributed by atoms with Crippen molar-refractivity contribution in [2.45, 2.75) is 25.0 Å². The van der Waals surface area contributed by atoms with E-state index in [1.807, 2.05) is 4.90 Å². The number of nitrogens with zero attached hydrogens (tertiary/aromatic N) is 5. The van der Waals surface area contributed by atoms with Crippen molar-refractivity contribution < 1.29 is 28.2 Å². The molecular formula is C26H28ClFN6O5S. The maximum absolute atomic E-state index is 14.6. The van der Waals surface area contributed by atoms with Gasteiger partial charge in [0.15, 0.2) is 10.8 Å². The number of rotatable bonds is 7. The lowest BCUT2D eigenvalue weighted by molar-refractivity contribution is -0.150. The first-order valence-electron chi connectivity index (χ1n) is 12.7. The van der Waals surface area contributed by atoms with Crippen LogP contribution in [0.5, 0.6) is 0 Å². The van der Waals surface area contributed by atoms with Crippen molar-refractivity contribution in [2.75, 3.05) is 46.9 Å². The van der Waals surface area contributed by atoms with E-state index in [-0.39, 0.29) is 35.3 Å². The molecule has 4 heterocycles. The molecule has 2 saturated heterocycles. The van der Waals surface area contributed by atoms with Crippen molar-refractivity contribution in [3.05, 3.63) is 62.5 Å². The van der Waals surface area contributed by atoms with E-state index < -0.39 is 35.9 Å². The summed E-state index contributed by atoms with van der Waals surface area (Å²) in [5.74, 6) is -1.43. The number of fused-ring (bicyclic) bond motifs is 1. The number of piperazine rings is 1. The summed E-state index contributed by atoms with van der Waals surface area (Å²) in [5, 5.41) is 5.41. The lowest BCUT2D eigenvalue weighted by Gasteiger charge is -2.43. The number of nitrogens with one attached hydrogen (secondary N) is 1. The summed E-state index contributed by atoms with van der Waals surface area (Å²) < 4.78 is 25.1. The zero-order valence-electron chi connectivity index (χ0n) is 22.1. The predicted octanol–water partition coefficient (Wildman–Crippen LogP) is 2.44. The Morgan fingerprint density at radius 2 is 2.10 bits per heavy atom. The SMILES string of the molecule is CCOC(=O)C1=C(CN2CCN3C(=O)N(C)C[C@H]3[C@@H]2C(=O)OC)NC(c2nccs2)=N[C@H]1c1cccc(F)c1Cl. The van der Waals surface area contributed by atoms with Gasteiger partial charge in [-0.1, -0.05) is 23.7 Å². The minimum Gasteiger partial charge on any atom is -0.468 e. The van der Waals surface area contributed by atoms with Gasteiger partial charge in [0, 0.05) is 56.1 Å². The Labute approximate surface area is 239 Å². The number of hydrogen-bond acceptors (Lipinski definition) is 10. The molecule has 0 unspecified atom stereocenters. The van der Waals surface area contributed by atoms with E-state index in [2.05, 4.69) is 10.3 Å². The number of amidine groups is 1. The number of thiazole rings is 1. The normalized spacial score (nSPS) is 23.1. The number of ether oxygens (including phenoxy) is 2. The molecule has 40 heavy (non-hydrogen) atoms. The molecule has 0 spiro atoms. The number of carbonyl (C=O) groups excluding carboxylic acids is 3. The van der Waals surface area contributed by atoms with Gasteiger partial charge in [-0.3, -0.25) is 14.7 Å². The number of esters is 2. The predicted molar refractivity (Wildman–Crippen MR) is 145 cm³/mol. The van der Waals surface area contributed by atoms with Gasteiger partial charge in [0.05, 0.1) is 30.4 Å². The van der Waals surface area contributed by atoms with Gasteiger partial charge in [0.1, 0.15) is 17.9 Å². The monoisotopic (exact) mass is 590 g/mol. The third-order valence-electron chi connectivity index (χ3n) is 7.16. The van der Waals surface area contributed by atoms with Crippen molar-refractivity contribution in [2.24, 2.45) is 4.99 Å². The van der Waals surface area contributed by atoms with E-state index in [9.17, 15) is 18.8 Å².